The van der Waals surface area contributed by atoms with Crippen molar-refractivity contribution in [2.45, 2.75) is 25.9 Å². The number of carbonyl (C=O) groups is 2. The SMILES string of the molecule is CNC(=O)c1cc(Oc2ccc3c(c2)nc(Nc2ccc(C(=O)N4CC(C)NC(C)C4)cc2)n3C)ccn1. The van der Waals surface area contributed by atoms with Gasteiger partial charge in [-0.2, -0.15) is 0 Å². The maximum atomic E-state index is 13.0. The zero-order valence-electron chi connectivity index (χ0n) is 21.9. The number of benzene rings is 2. The smallest absolute Gasteiger partial charge is 0.269 e. The lowest BCUT2D eigenvalue weighted by Crippen LogP contribution is -2.55. The summed E-state index contributed by atoms with van der Waals surface area (Å²) in [4.78, 5) is 35.5. The molecule has 2 aromatic heterocycles. The predicted molar refractivity (Wildman–Crippen MR) is 146 cm³/mol. The van der Waals surface area contributed by atoms with Gasteiger partial charge in [0.05, 0.1) is 11.0 Å². The van der Waals surface area contributed by atoms with E-state index in [4.69, 9.17) is 9.72 Å². The fourth-order valence-electron chi connectivity index (χ4n) is 4.72. The first-order valence-electron chi connectivity index (χ1n) is 12.6. The normalized spacial score (nSPS) is 17.3. The number of ether oxygens (including phenoxy) is 1. The first-order chi connectivity index (χ1) is 18.3. The van der Waals surface area contributed by atoms with E-state index in [-0.39, 0.29) is 29.6 Å². The molecule has 2 amide bonds. The number of fused-ring (bicyclic) bond motifs is 1. The van der Waals surface area contributed by atoms with Crippen molar-refractivity contribution in [3.05, 3.63) is 72.1 Å². The maximum Gasteiger partial charge on any atom is 0.269 e. The predicted octanol–water partition coefficient (Wildman–Crippen LogP) is 3.69. The number of pyridine rings is 1. The topological polar surface area (TPSA) is 113 Å². The average molecular weight is 514 g/mol. The lowest BCUT2D eigenvalue weighted by Gasteiger charge is -2.36. The van der Waals surface area contributed by atoms with E-state index in [9.17, 15) is 9.59 Å². The summed E-state index contributed by atoms with van der Waals surface area (Å²) < 4.78 is 7.91. The van der Waals surface area contributed by atoms with Gasteiger partial charge < -0.3 is 30.2 Å². The Morgan fingerprint density at radius 1 is 1.00 bits per heavy atom. The number of imidazole rings is 1. The Bertz CT molecular complexity index is 1470. The summed E-state index contributed by atoms with van der Waals surface area (Å²) in [6.07, 6.45) is 1.53. The molecule has 1 aliphatic rings. The van der Waals surface area contributed by atoms with E-state index in [1.165, 1.54) is 6.20 Å². The van der Waals surface area contributed by atoms with Crippen LogP contribution in [0.2, 0.25) is 0 Å². The Morgan fingerprint density at radius 2 is 1.71 bits per heavy atom. The van der Waals surface area contributed by atoms with Crippen LogP contribution in [0, 0.1) is 0 Å². The van der Waals surface area contributed by atoms with E-state index in [2.05, 4.69) is 34.8 Å². The summed E-state index contributed by atoms with van der Waals surface area (Å²) in [6.45, 7) is 5.59. The Balaban J connectivity index is 1.30. The fourth-order valence-corrected chi connectivity index (χ4v) is 4.72. The molecule has 0 saturated carbocycles. The van der Waals surface area contributed by atoms with Crippen LogP contribution in [0.4, 0.5) is 11.6 Å². The summed E-state index contributed by atoms with van der Waals surface area (Å²) in [5.74, 6) is 1.52. The molecule has 3 heterocycles. The van der Waals surface area contributed by atoms with Crippen molar-refractivity contribution in [3.63, 3.8) is 0 Å². The van der Waals surface area contributed by atoms with E-state index in [1.807, 2.05) is 59.0 Å². The van der Waals surface area contributed by atoms with Crippen molar-refractivity contribution in [2.24, 2.45) is 7.05 Å². The number of hydrogen-bond acceptors (Lipinski definition) is 7. The molecule has 0 bridgehead atoms. The number of piperazine rings is 1. The molecular weight excluding hydrogens is 482 g/mol. The largest absolute Gasteiger partial charge is 0.457 e. The van der Waals surface area contributed by atoms with Gasteiger partial charge in [0.25, 0.3) is 11.8 Å². The summed E-state index contributed by atoms with van der Waals surface area (Å²) >= 11 is 0. The van der Waals surface area contributed by atoms with E-state index >= 15 is 0 Å². The molecule has 4 aromatic rings. The first-order valence-corrected chi connectivity index (χ1v) is 12.6. The van der Waals surface area contributed by atoms with Gasteiger partial charge in [-0.3, -0.25) is 14.6 Å². The third kappa shape index (κ3) is 5.30. The molecule has 1 aliphatic heterocycles. The van der Waals surface area contributed by atoms with E-state index in [1.54, 1.807) is 19.2 Å². The lowest BCUT2D eigenvalue weighted by molar-refractivity contribution is 0.0673. The van der Waals surface area contributed by atoms with Gasteiger partial charge in [0.2, 0.25) is 5.95 Å². The summed E-state index contributed by atoms with van der Waals surface area (Å²) in [5.41, 5.74) is 3.45. The highest BCUT2D eigenvalue weighted by Gasteiger charge is 2.25. The van der Waals surface area contributed by atoms with Crippen LogP contribution in [0.5, 0.6) is 11.5 Å². The third-order valence-electron chi connectivity index (χ3n) is 6.51. The second kappa shape index (κ2) is 10.5. The van der Waals surface area contributed by atoms with Crippen LogP contribution in [0.15, 0.2) is 60.8 Å². The van der Waals surface area contributed by atoms with Gasteiger partial charge in [0, 0.05) is 68.8 Å². The minimum atomic E-state index is -0.281. The monoisotopic (exact) mass is 513 g/mol. The van der Waals surface area contributed by atoms with Crippen LogP contribution in [0.3, 0.4) is 0 Å². The minimum Gasteiger partial charge on any atom is -0.457 e. The fraction of sp³-hybridized carbons (Fsp3) is 0.286. The number of anilines is 2. The van der Waals surface area contributed by atoms with Gasteiger partial charge in [0.1, 0.15) is 17.2 Å². The molecule has 38 heavy (non-hydrogen) atoms. The molecule has 10 nitrogen and oxygen atoms in total. The lowest BCUT2D eigenvalue weighted by atomic mass is 10.1. The van der Waals surface area contributed by atoms with Crippen LogP contribution in [-0.2, 0) is 7.05 Å². The second-order valence-corrected chi connectivity index (χ2v) is 9.58. The van der Waals surface area contributed by atoms with Crippen molar-refractivity contribution in [1.82, 2.24) is 30.1 Å². The van der Waals surface area contributed by atoms with Crippen LogP contribution >= 0.6 is 0 Å². The Kier molecular flexibility index (Phi) is 6.97. The van der Waals surface area contributed by atoms with Crippen molar-refractivity contribution in [2.75, 3.05) is 25.5 Å². The minimum absolute atomic E-state index is 0.0450. The van der Waals surface area contributed by atoms with Gasteiger partial charge in [-0.25, -0.2) is 4.98 Å². The Labute approximate surface area is 221 Å². The molecule has 3 N–H and O–H groups in total. The van der Waals surface area contributed by atoms with Crippen LogP contribution < -0.4 is 20.7 Å². The summed E-state index contributed by atoms with van der Waals surface area (Å²) in [6, 6.07) is 16.9. The van der Waals surface area contributed by atoms with Gasteiger partial charge in [-0.05, 0) is 56.3 Å². The second-order valence-electron chi connectivity index (χ2n) is 9.58. The van der Waals surface area contributed by atoms with Crippen molar-refractivity contribution >= 4 is 34.5 Å². The molecule has 1 fully saturated rings. The van der Waals surface area contributed by atoms with Crippen LogP contribution in [0.25, 0.3) is 11.0 Å². The molecule has 0 radical (unpaired) electrons. The van der Waals surface area contributed by atoms with Crippen molar-refractivity contribution in [3.8, 4) is 11.5 Å². The number of hydrogen-bond donors (Lipinski definition) is 3. The molecular formula is C28H31N7O3. The molecule has 2 atom stereocenters. The number of amides is 2. The van der Waals surface area contributed by atoms with Gasteiger partial charge in [0.15, 0.2) is 0 Å². The Morgan fingerprint density at radius 3 is 2.42 bits per heavy atom. The van der Waals surface area contributed by atoms with E-state index in [0.717, 1.165) is 16.7 Å². The number of nitrogens with zero attached hydrogens (tertiary/aromatic N) is 4. The molecule has 2 aromatic carbocycles. The van der Waals surface area contributed by atoms with E-state index in [0.29, 0.717) is 36.1 Å². The first kappa shape index (κ1) is 25.2. The molecule has 0 aliphatic carbocycles. The average Bonchev–Trinajstić information content (AvgIpc) is 3.21. The summed E-state index contributed by atoms with van der Waals surface area (Å²) in [5, 5.41) is 9.35. The molecule has 10 heteroatoms. The third-order valence-corrected chi connectivity index (χ3v) is 6.51. The number of carbonyl (C=O) groups excluding carboxylic acids is 2. The van der Waals surface area contributed by atoms with Crippen LogP contribution in [-0.4, -0.2) is 63.5 Å². The zero-order valence-corrected chi connectivity index (χ0v) is 21.9. The zero-order chi connectivity index (χ0) is 26.8. The van der Waals surface area contributed by atoms with Gasteiger partial charge >= 0.3 is 0 Å². The number of rotatable bonds is 6. The highest BCUT2D eigenvalue weighted by molar-refractivity contribution is 5.95. The van der Waals surface area contributed by atoms with Gasteiger partial charge in [-0.1, -0.05) is 0 Å². The highest BCUT2D eigenvalue weighted by atomic mass is 16.5. The van der Waals surface area contributed by atoms with Crippen LogP contribution in [0.1, 0.15) is 34.7 Å². The molecule has 5 rings (SSSR count). The highest BCUT2D eigenvalue weighted by Crippen LogP contribution is 2.28. The number of aryl methyl sites for hydroxylation is 1. The van der Waals surface area contributed by atoms with E-state index < -0.39 is 0 Å². The maximum absolute atomic E-state index is 13.0. The quantitative estimate of drug-likeness (QED) is 0.360. The molecule has 0 spiro atoms. The van der Waals surface area contributed by atoms with Crippen molar-refractivity contribution in [1.29, 1.82) is 0 Å². The van der Waals surface area contributed by atoms with Gasteiger partial charge in [-0.15, -0.1) is 0 Å². The standard InChI is InChI=1S/C28H31N7O3/c1-17-15-35(16-18(2)31-17)27(37)19-5-7-20(8-6-19)32-28-33-23-13-21(9-10-25(23)34(28)4)38-22-11-12-30-24(14-22)26(36)29-3/h5-14,17-18,31H,15-16H2,1-4H3,(H,29,36)(H,32,33). The Hall–Kier alpha value is -4.44. The molecule has 196 valence electrons. The number of nitrogens with one attached hydrogen (secondary N) is 3. The van der Waals surface area contributed by atoms with Crippen molar-refractivity contribution < 1.29 is 14.3 Å². The molecule has 1 saturated heterocycles. The number of aromatic nitrogens is 3. The molecule has 2 unspecified atom stereocenters. The summed E-state index contributed by atoms with van der Waals surface area (Å²) in [7, 11) is 3.49.